The van der Waals surface area contributed by atoms with Crippen LogP contribution in [0.5, 0.6) is 11.5 Å². The van der Waals surface area contributed by atoms with Crippen molar-refractivity contribution in [2.24, 2.45) is 0 Å². The molecule has 2 amide bonds. The van der Waals surface area contributed by atoms with Gasteiger partial charge < -0.3 is 19.7 Å². The van der Waals surface area contributed by atoms with Crippen LogP contribution in [-0.4, -0.2) is 44.0 Å². The van der Waals surface area contributed by atoms with Gasteiger partial charge in [0.15, 0.2) is 11.5 Å². The SMILES string of the molecule is COc1ccc(CCNC(=O)CCN(C(=O)c2ccc3ccccc3c2)C(C)c2ccccc2)cc1OC. The Morgan fingerprint density at radius 1 is 0.816 bits per heavy atom. The molecule has 0 spiro atoms. The van der Waals surface area contributed by atoms with Gasteiger partial charge in [-0.2, -0.15) is 0 Å². The van der Waals surface area contributed by atoms with Gasteiger partial charge in [0.1, 0.15) is 0 Å². The molecular weight excluding hydrogens is 476 g/mol. The lowest BCUT2D eigenvalue weighted by molar-refractivity contribution is -0.121. The number of nitrogens with zero attached hydrogens (tertiary/aromatic N) is 1. The molecule has 196 valence electrons. The molecule has 4 rings (SSSR count). The minimum absolute atomic E-state index is 0.0924. The number of hydrogen-bond donors (Lipinski definition) is 1. The Bertz CT molecular complexity index is 1390. The summed E-state index contributed by atoms with van der Waals surface area (Å²) in [7, 11) is 3.20. The van der Waals surface area contributed by atoms with Gasteiger partial charge >= 0.3 is 0 Å². The maximum Gasteiger partial charge on any atom is 0.254 e. The van der Waals surface area contributed by atoms with Gasteiger partial charge in [-0.15, -0.1) is 0 Å². The van der Waals surface area contributed by atoms with Crippen molar-refractivity contribution in [1.29, 1.82) is 0 Å². The van der Waals surface area contributed by atoms with Crippen molar-refractivity contribution in [3.05, 3.63) is 108 Å². The van der Waals surface area contributed by atoms with Crippen LogP contribution >= 0.6 is 0 Å². The monoisotopic (exact) mass is 510 g/mol. The molecule has 1 N–H and O–H groups in total. The van der Waals surface area contributed by atoms with Crippen LogP contribution < -0.4 is 14.8 Å². The molecule has 1 unspecified atom stereocenters. The summed E-state index contributed by atoms with van der Waals surface area (Å²) < 4.78 is 10.6. The summed E-state index contributed by atoms with van der Waals surface area (Å²) >= 11 is 0. The molecule has 38 heavy (non-hydrogen) atoms. The Kier molecular flexibility index (Phi) is 8.98. The molecule has 4 aromatic rings. The number of methoxy groups -OCH3 is 2. The number of fused-ring (bicyclic) bond motifs is 1. The highest BCUT2D eigenvalue weighted by atomic mass is 16.5. The van der Waals surface area contributed by atoms with Crippen molar-refractivity contribution < 1.29 is 19.1 Å². The predicted molar refractivity (Wildman–Crippen MR) is 151 cm³/mol. The van der Waals surface area contributed by atoms with Crippen LogP contribution in [0.1, 0.15) is 40.9 Å². The lowest BCUT2D eigenvalue weighted by Crippen LogP contribution is -2.37. The van der Waals surface area contributed by atoms with Crippen molar-refractivity contribution >= 4 is 22.6 Å². The summed E-state index contributed by atoms with van der Waals surface area (Å²) in [6, 6.07) is 29.2. The Hall–Kier alpha value is -4.32. The quantitative estimate of drug-likeness (QED) is 0.277. The normalized spacial score (nSPS) is 11.6. The molecule has 0 heterocycles. The molecule has 6 heteroatoms. The van der Waals surface area contributed by atoms with E-state index in [1.807, 2.05) is 97.9 Å². The molecule has 0 aromatic heterocycles. The molecular formula is C32H34N2O4. The van der Waals surface area contributed by atoms with E-state index in [1.54, 1.807) is 19.1 Å². The average molecular weight is 511 g/mol. The van der Waals surface area contributed by atoms with Crippen LogP contribution in [0, 0.1) is 0 Å². The Balaban J connectivity index is 1.42. The highest BCUT2D eigenvalue weighted by molar-refractivity contribution is 5.99. The summed E-state index contributed by atoms with van der Waals surface area (Å²) in [5, 5.41) is 5.08. The van der Waals surface area contributed by atoms with Crippen molar-refractivity contribution in [3.63, 3.8) is 0 Å². The molecule has 0 saturated carbocycles. The van der Waals surface area contributed by atoms with Gasteiger partial charge in [0.05, 0.1) is 20.3 Å². The Morgan fingerprint density at radius 2 is 1.53 bits per heavy atom. The van der Waals surface area contributed by atoms with E-state index in [2.05, 4.69) is 5.32 Å². The molecule has 0 aliphatic heterocycles. The number of benzene rings is 4. The number of carbonyl (C=O) groups excluding carboxylic acids is 2. The zero-order valence-corrected chi connectivity index (χ0v) is 22.1. The first-order valence-electron chi connectivity index (χ1n) is 12.8. The van der Waals surface area contributed by atoms with E-state index in [-0.39, 0.29) is 24.3 Å². The highest BCUT2D eigenvalue weighted by Crippen LogP contribution is 2.28. The largest absolute Gasteiger partial charge is 0.493 e. The van der Waals surface area contributed by atoms with Gasteiger partial charge in [-0.3, -0.25) is 9.59 Å². The number of amides is 2. The van der Waals surface area contributed by atoms with Gasteiger partial charge in [0, 0.05) is 25.1 Å². The van der Waals surface area contributed by atoms with Crippen molar-refractivity contribution in [3.8, 4) is 11.5 Å². The van der Waals surface area contributed by atoms with Gasteiger partial charge in [0.25, 0.3) is 5.91 Å². The molecule has 0 aliphatic carbocycles. The number of rotatable bonds is 11. The summed E-state index contributed by atoms with van der Waals surface area (Å²) in [5.41, 5.74) is 2.67. The second kappa shape index (κ2) is 12.8. The second-order valence-electron chi connectivity index (χ2n) is 9.19. The smallest absolute Gasteiger partial charge is 0.254 e. The third-order valence-corrected chi connectivity index (χ3v) is 6.77. The maximum absolute atomic E-state index is 13.7. The fourth-order valence-corrected chi connectivity index (χ4v) is 4.56. The first-order chi connectivity index (χ1) is 18.5. The molecule has 0 fully saturated rings. The van der Waals surface area contributed by atoms with Crippen LogP contribution in [0.25, 0.3) is 10.8 Å². The van der Waals surface area contributed by atoms with E-state index in [4.69, 9.17) is 9.47 Å². The van der Waals surface area contributed by atoms with Crippen molar-refractivity contribution in [2.75, 3.05) is 27.3 Å². The zero-order valence-electron chi connectivity index (χ0n) is 22.1. The number of carbonyl (C=O) groups is 2. The van der Waals surface area contributed by atoms with E-state index < -0.39 is 0 Å². The maximum atomic E-state index is 13.7. The number of ether oxygens (including phenoxy) is 2. The summed E-state index contributed by atoms with van der Waals surface area (Å²) in [6.07, 6.45) is 0.870. The standard InChI is InChI=1S/C32H34N2O4/c1-23(25-9-5-4-6-10-25)34(32(36)28-15-14-26-11-7-8-12-27(26)22-28)20-18-31(35)33-19-17-24-13-16-29(37-2)30(21-24)38-3/h4-16,21-23H,17-20H2,1-3H3,(H,33,35). The van der Waals surface area contributed by atoms with E-state index in [0.717, 1.165) is 21.9 Å². The third-order valence-electron chi connectivity index (χ3n) is 6.77. The first-order valence-corrected chi connectivity index (χ1v) is 12.8. The van der Waals surface area contributed by atoms with Crippen LogP contribution in [0.4, 0.5) is 0 Å². The van der Waals surface area contributed by atoms with Crippen LogP contribution in [0.3, 0.4) is 0 Å². The van der Waals surface area contributed by atoms with E-state index in [1.165, 1.54) is 0 Å². The lowest BCUT2D eigenvalue weighted by atomic mass is 10.0. The van der Waals surface area contributed by atoms with E-state index in [0.29, 0.717) is 36.6 Å². The van der Waals surface area contributed by atoms with Crippen molar-refractivity contribution in [2.45, 2.75) is 25.8 Å². The second-order valence-corrected chi connectivity index (χ2v) is 9.19. The lowest BCUT2D eigenvalue weighted by Gasteiger charge is -2.30. The van der Waals surface area contributed by atoms with Gasteiger partial charge in [-0.05, 0) is 59.5 Å². The summed E-state index contributed by atoms with van der Waals surface area (Å²) in [6.45, 7) is 2.80. The van der Waals surface area contributed by atoms with Crippen LogP contribution in [0.15, 0.2) is 91.0 Å². The summed E-state index contributed by atoms with van der Waals surface area (Å²) in [4.78, 5) is 28.2. The third kappa shape index (κ3) is 6.51. The number of nitrogens with one attached hydrogen (secondary N) is 1. The summed E-state index contributed by atoms with van der Waals surface area (Å²) in [5.74, 6) is 1.14. The predicted octanol–water partition coefficient (Wildman–Crippen LogP) is 5.81. The minimum Gasteiger partial charge on any atom is -0.493 e. The molecule has 6 nitrogen and oxygen atoms in total. The molecule has 0 aliphatic rings. The Morgan fingerprint density at radius 3 is 2.26 bits per heavy atom. The van der Waals surface area contributed by atoms with Crippen molar-refractivity contribution in [1.82, 2.24) is 10.2 Å². The first kappa shape index (κ1) is 26.7. The minimum atomic E-state index is -0.185. The number of hydrogen-bond acceptors (Lipinski definition) is 4. The zero-order chi connectivity index (χ0) is 26.9. The fourth-order valence-electron chi connectivity index (χ4n) is 4.56. The molecule has 4 aromatic carbocycles. The van der Waals surface area contributed by atoms with Gasteiger partial charge in [0.2, 0.25) is 5.91 Å². The molecule has 0 bridgehead atoms. The van der Waals surface area contributed by atoms with E-state index >= 15 is 0 Å². The van der Waals surface area contributed by atoms with E-state index in [9.17, 15) is 9.59 Å². The fraction of sp³-hybridized carbons (Fsp3) is 0.250. The molecule has 0 saturated heterocycles. The molecule has 1 atom stereocenters. The molecule has 0 radical (unpaired) electrons. The Labute approximate surface area is 224 Å². The van der Waals surface area contributed by atoms with Crippen LogP contribution in [0.2, 0.25) is 0 Å². The van der Waals surface area contributed by atoms with Crippen LogP contribution in [-0.2, 0) is 11.2 Å². The van der Waals surface area contributed by atoms with Gasteiger partial charge in [-0.25, -0.2) is 0 Å². The topological polar surface area (TPSA) is 67.9 Å². The highest BCUT2D eigenvalue weighted by Gasteiger charge is 2.23. The van der Waals surface area contributed by atoms with Gasteiger partial charge in [-0.1, -0.05) is 66.7 Å². The average Bonchev–Trinajstić information content (AvgIpc) is 2.97.